The normalized spacial score (nSPS) is 27.9. The molecule has 132 valence electrons. The van der Waals surface area contributed by atoms with Gasteiger partial charge in [-0.25, -0.2) is 0 Å². The van der Waals surface area contributed by atoms with Crippen LogP contribution in [0.2, 0.25) is 0 Å². The molecule has 2 aromatic carbocycles. The zero-order valence-electron chi connectivity index (χ0n) is 14.5. The minimum Gasteiger partial charge on any atom is -0.508 e. The molecule has 0 aromatic heterocycles. The molecule has 25 heavy (non-hydrogen) atoms. The summed E-state index contributed by atoms with van der Waals surface area (Å²) in [6.07, 6.45) is 2.71. The molecule has 3 N–H and O–H groups in total. The second-order valence-corrected chi connectivity index (χ2v) is 7.09. The zero-order valence-corrected chi connectivity index (χ0v) is 14.5. The summed E-state index contributed by atoms with van der Waals surface area (Å²) in [6.45, 7) is 2.22. The first-order valence-electron chi connectivity index (χ1n) is 9.14. The second kappa shape index (κ2) is 6.70. The molecule has 1 saturated heterocycles. The maximum Gasteiger partial charge on any atom is 0.115 e. The molecule has 4 unspecified atom stereocenters. The Kier molecular flexibility index (Phi) is 4.40. The molecule has 0 radical (unpaired) electrons. The topological polar surface area (TPSA) is 61.7 Å². The Morgan fingerprint density at radius 2 is 2.04 bits per heavy atom. The average Bonchev–Trinajstić information content (AvgIpc) is 2.66. The molecule has 4 heteroatoms. The van der Waals surface area contributed by atoms with Gasteiger partial charge in [-0.05, 0) is 48.6 Å². The number of hydrogen-bond acceptors (Lipinski definition) is 4. The molecule has 0 saturated carbocycles. The Morgan fingerprint density at radius 1 is 1.16 bits per heavy atom. The number of aromatic hydroxyl groups is 1. The fourth-order valence-electron chi connectivity index (χ4n) is 4.21. The van der Waals surface area contributed by atoms with E-state index in [-0.39, 0.29) is 36.5 Å². The number of benzene rings is 2. The van der Waals surface area contributed by atoms with Gasteiger partial charge in [-0.3, -0.25) is 0 Å². The zero-order chi connectivity index (χ0) is 17.4. The molecule has 1 fully saturated rings. The molecule has 0 spiro atoms. The molecule has 0 bridgehead atoms. The van der Waals surface area contributed by atoms with Crippen LogP contribution in [0.5, 0.6) is 5.75 Å². The van der Waals surface area contributed by atoms with E-state index in [2.05, 4.69) is 36.5 Å². The Bertz CT molecular complexity index is 761. The van der Waals surface area contributed by atoms with Crippen molar-refractivity contribution in [2.75, 3.05) is 11.9 Å². The molecular weight excluding hydrogens is 314 g/mol. The van der Waals surface area contributed by atoms with Crippen LogP contribution in [-0.4, -0.2) is 22.9 Å². The Balaban J connectivity index is 1.76. The van der Waals surface area contributed by atoms with Crippen molar-refractivity contribution >= 4 is 5.69 Å². The van der Waals surface area contributed by atoms with E-state index in [4.69, 9.17) is 4.74 Å². The van der Waals surface area contributed by atoms with Gasteiger partial charge in [0, 0.05) is 17.2 Å². The van der Waals surface area contributed by atoms with Gasteiger partial charge in [0.1, 0.15) is 5.75 Å². The summed E-state index contributed by atoms with van der Waals surface area (Å²) >= 11 is 0. The van der Waals surface area contributed by atoms with Crippen LogP contribution in [0.1, 0.15) is 48.6 Å². The van der Waals surface area contributed by atoms with Gasteiger partial charge in [0.15, 0.2) is 0 Å². The fraction of sp³-hybridized carbons (Fsp3) is 0.429. The molecule has 2 aliphatic rings. The van der Waals surface area contributed by atoms with Crippen molar-refractivity contribution in [2.24, 2.45) is 5.92 Å². The summed E-state index contributed by atoms with van der Waals surface area (Å²) < 4.78 is 6.29. The number of nitrogens with one attached hydrogen (secondary N) is 1. The number of phenolic OH excluding ortho intramolecular Hbond substituents is 1. The van der Waals surface area contributed by atoms with E-state index in [1.165, 1.54) is 11.1 Å². The number of fused-ring (bicyclic) bond motifs is 3. The van der Waals surface area contributed by atoms with E-state index in [1.807, 2.05) is 12.1 Å². The Hall–Kier alpha value is -2.04. The molecule has 2 heterocycles. The smallest absolute Gasteiger partial charge is 0.115 e. The minimum atomic E-state index is -0.0951. The predicted octanol–water partition coefficient (Wildman–Crippen LogP) is 3.95. The highest BCUT2D eigenvalue weighted by atomic mass is 16.5. The third-order valence-electron chi connectivity index (χ3n) is 5.55. The van der Waals surface area contributed by atoms with Gasteiger partial charge in [0.05, 0.1) is 24.9 Å². The number of aryl methyl sites for hydroxylation is 1. The van der Waals surface area contributed by atoms with Crippen LogP contribution < -0.4 is 5.32 Å². The largest absolute Gasteiger partial charge is 0.508 e. The van der Waals surface area contributed by atoms with Crippen molar-refractivity contribution < 1.29 is 14.9 Å². The lowest BCUT2D eigenvalue weighted by Crippen LogP contribution is -2.40. The molecule has 4 nitrogen and oxygen atoms in total. The maximum atomic E-state index is 9.89. The second-order valence-electron chi connectivity index (χ2n) is 7.09. The first kappa shape index (κ1) is 16.4. The van der Waals surface area contributed by atoms with Crippen molar-refractivity contribution in [3.8, 4) is 5.75 Å². The van der Waals surface area contributed by atoms with Crippen LogP contribution in [0.25, 0.3) is 0 Å². The third kappa shape index (κ3) is 3.00. The molecular formula is C21H25NO3. The number of hydrogen-bond donors (Lipinski definition) is 3. The van der Waals surface area contributed by atoms with Crippen LogP contribution in [0.4, 0.5) is 5.69 Å². The lowest BCUT2D eigenvalue weighted by atomic mass is 9.76. The molecule has 0 amide bonds. The van der Waals surface area contributed by atoms with Gasteiger partial charge in [-0.15, -0.1) is 0 Å². The number of ether oxygens (including phenoxy) is 1. The van der Waals surface area contributed by atoms with E-state index < -0.39 is 0 Å². The SMILES string of the molecule is CCc1ccc2c(c1)C1OC(CO)CCC1C(c1cccc(O)c1)N2. The predicted molar refractivity (Wildman–Crippen MR) is 97.7 cm³/mol. The lowest BCUT2D eigenvalue weighted by Gasteiger charge is -2.45. The monoisotopic (exact) mass is 339 g/mol. The third-order valence-corrected chi connectivity index (χ3v) is 5.55. The maximum absolute atomic E-state index is 9.89. The lowest BCUT2D eigenvalue weighted by molar-refractivity contribution is -0.110. The summed E-state index contributed by atoms with van der Waals surface area (Å²) in [5.41, 5.74) is 4.65. The molecule has 0 aliphatic carbocycles. The van der Waals surface area contributed by atoms with Gasteiger partial charge in [0.2, 0.25) is 0 Å². The molecule has 4 atom stereocenters. The molecule has 2 aliphatic heterocycles. The molecule has 4 rings (SSSR count). The minimum absolute atomic E-state index is 0.0269. The first-order chi connectivity index (χ1) is 12.2. The van der Waals surface area contributed by atoms with Gasteiger partial charge < -0.3 is 20.3 Å². The summed E-state index contributed by atoms with van der Waals surface area (Å²) in [4.78, 5) is 0. The fourth-order valence-corrected chi connectivity index (χ4v) is 4.21. The average molecular weight is 339 g/mol. The highest BCUT2D eigenvalue weighted by molar-refractivity contribution is 5.58. The van der Waals surface area contributed by atoms with Crippen LogP contribution >= 0.6 is 0 Å². The number of anilines is 1. The highest BCUT2D eigenvalue weighted by Crippen LogP contribution is 2.50. The van der Waals surface area contributed by atoms with Crippen LogP contribution in [0.3, 0.4) is 0 Å². The summed E-state index contributed by atoms with van der Waals surface area (Å²) in [5.74, 6) is 0.567. The Morgan fingerprint density at radius 3 is 2.80 bits per heavy atom. The van der Waals surface area contributed by atoms with Gasteiger partial charge >= 0.3 is 0 Å². The van der Waals surface area contributed by atoms with Crippen LogP contribution in [0.15, 0.2) is 42.5 Å². The van der Waals surface area contributed by atoms with E-state index >= 15 is 0 Å². The van der Waals surface area contributed by atoms with E-state index in [0.29, 0.717) is 0 Å². The number of aliphatic hydroxyl groups is 1. The van der Waals surface area contributed by atoms with Gasteiger partial charge in [0.25, 0.3) is 0 Å². The number of aliphatic hydroxyl groups excluding tert-OH is 1. The van der Waals surface area contributed by atoms with Crippen molar-refractivity contribution in [3.63, 3.8) is 0 Å². The van der Waals surface area contributed by atoms with E-state index in [9.17, 15) is 10.2 Å². The van der Waals surface area contributed by atoms with Crippen molar-refractivity contribution in [2.45, 2.75) is 44.4 Å². The molecule has 2 aromatic rings. The van der Waals surface area contributed by atoms with Crippen molar-refractivity contribution in [1.82, 2.24) is 0 Å². The summed E-state index contributed by atoms with van der Waals surface area (Å²) in [5, 5.41) is 23.1. The van der Waals surface area contributed by atoms with E-state index in [1.54, 1.807) is 6.07 Å². The number of phenols is 1. The summed E-state index contributed by atoms with van der Waals surface area (Å²) in [6, 6.07) is 14.1. The standard InChI is InChI=1S/C21H25NO3/c1-2-13-6-9-19-18(10-13)21-17(8-7-16(12-23)25-21)20(22-19)14-4-3-5-15(24)11-14/h3-6,9-11,16-17,20-24H,2,7-8,12H2,1H3. The summed E-state index contributed by atoms with van der Waals surface area (Å²) in [7, 11) is 0. The van der Waals surface area contributed by atoms with Crippen molar-refractivity contribution in [1.29, 1.82) is 0 Å². The highest BCUT2D eigenvalue weighted by Gasteiger charge is 2.42. The quantitative estimate of drug-likeness (QED) is 0.792. The number of rotatable bonds is 3. The van der Waals surface area contributed by atoms with Gasteiger partial charge in [-0.2, -0.15) is 0 Å². The van der Waals surface area contributed by atoms with Crippen LogP contribution in [0, 0.1) is 5.92 Å². The Labute approximate surface area is 148 Å². The first-order valence-corrected chi connectivity index (χ1v) is 9.14. The van der Waals surface area contributed by atoms with Gasteiger partial charge in [-0.1, -0.05) is 31.2 Å². The van der Waals surface area contributed by atoms with Crippen molar-refractivity contribution in [3.05, 3.63) is 59.2 Å². The van der Waals surface area contributed by atoms with E-state index in [0.717, 1.165) is 30.5 Å². The van der Waals surface area contributed by atoms with Crippen LogP contribution in [-0.2, 0) is 11.2 Å².